The van der Waals surface area contributed by atoms with Crippen molar-refractivity contribution in [1.29, 1.82) is 5.26 Å². The summed E-state index contributed by atoms with van der Waals surface area (Å²) in [5, 5.41) is 11.5. The molecule has 0 unspecified atom stereocenters. The lowest BCUT2D eigenvalue weighted by Gasteiger charge is -2.33. The Morgan fingerprint density at radius 1 is 1.69 bits per heavy atom. The summed E-state index contributed by atoms with van der Waals surface area (Å²) in [6.07, 6.45) is 2.37. The maximum absolute atomic E-state index is 11.5. The molecule has 0 saturated heterocycles. The van der Waals surface area contributed by atoms with Crippen molar-refractivity contribution in [1.82, 2.24) is 5.32 Å². The molecule has 1 N–H and O–H groups in total. The molecule has 0 aromatic rings. The van der Waals surface area contributed by atoms with Crippen LogP contribution < -0.4 is 5.32 Å². The van der Waals surface area contributed by atoms with Gasteiger partial charge in [0.2, 0.25) is 5.91 Å². The van der Waals surface area contributed by atoms with Gasteiger partial charge in [-0.1, -0.05) is 0 Å². The molecule has 0 atom stereocenters. The normalized spacial score (nSPS) is 18.5. The lowest BCUT2D eigenvalue weighted by atomic mass is 9.69. The maximum Gasteiger partial charge on any atom is 0.240 e. The molecular weight excluding hydrogens is 168 g/mol. The zero-order valence-corrected chi connectivity index (χ0v) is 7.80. The number of hydrogen-bond acceptors (Lipinski definition) is 3. The number of nitrogens with zero attached hydrogens (tertiary/aromatic N) is 1. The highest BCUT2D eigenvalue weighted by molar-refractivity contribution is 5.86. The van der Waals surface area contributed by atoms with Crippen LogP contribution in [0.3, 0.4) is 0 Å². The highest BCUT2D eigenvalue weighted by atomic mass is 16.5. The van der Waals surface area contributed by atoms with Gasteiger partial charge in [0, 0.05) is 13.7 Å². The fraction of sp³-hybridized carbons (Fsp3) is 0.778. The molecule has 0 bridgehead atoms. The van der Waals surface area contributed by atoms with Crippen LogP contribution in [0.1, 0.15) is 19.3 Å². The Labute approximate surface area is 77.9 Å². The van der Waals surface area contributed by atoms with Gasteiger partial charge in [-0.25, -0.2) is 0 Å². The number of carbonyl (C=O) groups is 1. The highest BCUT2D eigenvalue weighted by Gasteiger charge is 2.44. The Hall–Kier alpha value is -1.08. The van der Waals surface area contributed by atoms with Gasteiger partial charge in [0.15, 0.2) is 0 Å². The molecule has 4 nitrogen and oxygen atoms in total. The van der Waals surface area contributed by atoms with Crippen molar-refractivity contribution < 1.29 is 9.53 Å². The molecule has 1 amide bonds. The van der Waals surface area contributed by atoms with Gasteiger partial charge in [0.05, 0.1) is 12.7 Å². The third-order valence-electron chi connectivity index (χ3n) is 2.45. The number of methoxy groups -OCH3 is 1. The summed E-state index contributed by atoms with van der Waals surface area (Å²) in [5.41, 5.74) is -0.728. The second-order valence-corrected chi connectivity index (χ2v) is 3.30. The summed E-state index contributed by atoms with van der Waals surface area (Å²) in [6, 6.07) is 2.09. The van der Waals surface area contributed by atoms with E-state index in [0.29, 0.717) is 26.0 Å². The lowest BCUT2D eigenvalue weighted by molar-refractivity contribution is -0.131. The van der Waals surface area contributed by atoms with Crippen molar-refractivity contribution in [3.63, 3.8) is 0 Å². The Morgan fingerprint density at radius 3 is 2.77 bits per heavy atom. The van der Waals surface area contributed by atoms with Gasteiger partial charge in [0.1, 0.15) is 5.41 Å². The van der Waals surface area contributed by atoms with Gasteiger partial charge in [-0.3, -0.25) is 4.79 Å². The van der Waals surface area contributed by atoms with Crippen molar-refractivity contribution in [2.45, 2.75) is 19.3 Å². The molecule has 0 heterocycles. The minimum Gasteiger partial charge on any atom is -0.383 e. The third kappa shape index (κ3) is 1.99. The number of hydrogen-bond donors (Lipinski definition) is 1. The average molecular weight is 182 g/mol. The number of carbonyl (C=O) groups excluding carboxylic acids is 1. The van der Waals surface area contributed by atoms with E-state index in [2.05, 4.69) is 11.4 Å². The van der Waals surface area contributed by atoms with E-state index in [0.717, 1.165) is 6.42 Å². The van der Waals surface area contributed by atoms with Crippen LogP contribution in [0.15, 0.2) is 0 Å². The van der Waals surface area contributed by atoms with Gasteiger partial charge in [-0.2, -0.15) is 5.26 Å². The van der Waals surface area contributed by atoms with Crippen molar-refractivity contribution in [2.75, 3.05) is 20.3 Å². The number of ether oxygens (including phenoxy) is 1. The molecule has 4 heteroatoms. The van der Waals surface area contributed by atoms with Crippen LogP contribution >= 0.6 is 0 Å². The van der Waals surface area contributed by atoms with Gasteiger partial charge < -0.3 is 10.1 Å². The first kappa shape index (κ1) is 10.0. The zero-order chi connectivity index (χ0) is 9.73. The van der Waals surface area contributed by atoms with Crippen LogP contribution in [0.4, 0.5) is 0 Å². The Balaban J connectivity index is 2.34. The average Bonchev–Trinajstić information content (AvgIpc) is 2.04. The van der Waals surface area contributed by atoms with Gasteiger partial charge in [-0.05, 0) is 19.3 Å². The summed E-state index contributed by atoms with van der Waals surface area (Å²) in [5.74, 6) is -0.140. The van der Waals surface area contributed by atoms with Gasteiger partial charge in [-0.15, -0.1) is 0 Å². The Kier molecular flexibility index (Phi) is 3.26. The first-order valence-corrected chi connectivity index (χ1v) is 4.44. The molecule has 72 valence electrons. The smallest absolute Gasteiger partial charge is 0.240 e. The number of nitrogens with one attached hydrogen (secondary N) is 1. The number of amides is 1. The van der Waals surface area contributed by atoms with E-state index in [1.807, 2.05) is 0 Å². The molecule has 0 aromatic heterocycles. The van der Waals surface area contributed by atoms with Crippen LogP contribution in [0.25, 0.3) is 0 Å². The fourth-order valence-corrected chi connectivity index (χ4v) is 1.36. The summed E-state index contributed by atoms with van der Waals surface area (Å²) in [4.78, 5) is 11.5. The summed E-state index contributed by atoms with van der Waals surface area (Å²) >= 11 is 0. The molecule has 1 saturated carbocycles. The number of nitriles is 1. The molecule has 0 aliphatic heterocycles. The first-order valence-electron chi connectivity index (χ1n) is 4.44. The van der Waals surface area contributed by atoms with E-state index in [1.54, 1.807) is 7.11 Å². The highest BCUT2D eigenvalue weighted by Crippen LogP contribution is 2.40. The van der Waals surface area contributed by atoms with Crippen molar-refractivity contribution in [3.8, 4) is 6.07 Å². The molecule has 13 heavy (non-hydrogen) atoms. The predicted molar refractivity (Wildman–Crippen MR) is 46.8 cm³/mol. The van der Waals surface area contributed by atoms with E-state index >= 15 is 0 Å². The van der Waals surface area contributed by atoms with Crippen LogP contribution in [0.5, 0.6) is 0 Å². The van der Waals surface area contributed by atoms with Gasteiger partial charge >= 0.3 is 0 Å². The van der Waals surface area contributed by atoms with E-state index in [9.17, 15) is 4.79 Å². The molecular formula is C9H14N2O2. The van der Waals surface area contributed by atoms with Crippen molar-refractivity contribution >= 4 is 5.91 Å². The Morgan fingerprint density at radius 2 is 2.38 bits per heavy atom. The molecule has 1 aliphatic carbocycles. The molecule has 1 aliphatic rings. The van der Waals surface area contributed by atoms with Crippen molar-refractivity contribution in [2.24, 2.45) is 5.41 Å². The number of rotatable bonds is 4. The summed E-state index contributed by atoms with van der Waals surface area (Å²) in [7, 11) is 1.58. The molecule has 1 fully saturated rings. The van der Waals surface area contributed by atoms with Crippen LogP contribution in [-0.2, 0) is 9.53 Å². The largest absolute Gasteiger partial charge is 0.383 e. The van der Waals surface area contributed by atoms with E-state index in [-0.39, 0.29) is 5.91 Å². The lowest BCUT2D eigenvalue weighted by Crippen LogP contribution is -2.45. The maximum atomic E-state index is 11.5. The van der Waals surface area contributed by atoms with Crippen LogP contribution in [0.2, 0.25) is 0 Å². The summed E-state index contributed by atoms with van der Waals surface area (Å²) < 4.78 is 4.79. The molecule has 0 spiro atoms. The third-order valence-corrected chi connectivity index (χ3v) is 2.45. The zero-order valence-electron chi connectivity index (χ0n) is 7.80. The molecule has 0 radical (unpaired) electrons. The minimum atomic E-state index is -0.728. The first-order chi connectivity index (χ1) is 6.25. The quantitative estimate of drug-likeness (QED) is 0.642. The monoisotopic (exact) mass is 182 g/mol. The van der Waals surface area contributed by atoms with Gasteiger partial charge in [0.25, 0.3) is 0 Å². The molecule has 1 rings (SSSR count). The topological polar surface area (TPSA) is 62.1 Å². The Bertz CT molecular complexity index is 228. The van der Waals surface area contributed by atoms with Crippen molar-refractivity contribution in [3.05, 3.63) is 0 Å². The van der Waals surface area contributed by atoms with Crippen LogP contribution in [-0.4, -0.2) is 26.2 Å². The predicted octanol–water partition coefficient (Wildman–Crippen LogP) is 0.443. The second-order valence-electron chi connectivity index (χ2n) is 3.30. The van der Waals surface area contributed by atoms with Crippen LogP contribution in [0, 0.1) is 16.7 Å². The standard InChI is InChI=1S/C9H14N2O2/c1-13-6-5-11-8(12)9(7-10)3-2-4-9/h2-6H2,1H3,(H,11,12). The van der Waals surface area contributed by atoms with E-state index in [1.165, 1.54) is 0 Å². The van der Waals surface area contributed by atoms with E-state index in [4.69, 9.17) is 10.00 Å². The molecule has 0 aromatic carbocycles. The summed E-state index contributed by atoms with van der Waals surface area (Å²) in [6.45, 7) is 0.978. The second kappa shape index (κ2) is 4.24. The van der Waals surface area contributed by atoms with E-state index < -0.39 is 5.41 Å². The SMILES string of the molecule is COCCNC(=O)C1(C#N)CCC1. The minimum absolute atomic E-state index is 0.140. The fourth-order valence-electron chi connectivity index (χ4n) is 1.36.